The standard InChI is InChI=1S/C12H21ClN2O/c13-6-1-7-15-8-4-11(5-9-15)14-12(16)10-2-3-10/h10-11H,1-9H2,(H,14,16). The van der Waals surface area contributed by atoms with E-state index >= 15 is 0 Å². The Bertz CT molecular complexity index is 235. The average molecular weight is 245 g/mol. The van der Waals surface area contributed by atoms with Gasteiger partial charge in [-0.15, -0.1) is 11.6 Å². The molecule has 0 aromatic carbocycles. The lowest BCUT2D eigenvalue weighted by atomic mass is 10.0. The second kappa shape index (κ2) is 5.87. The highest BCUT2D eigenvalue weighted by molar-refractivity contribution is 6.17. The topological polar surface area (TPSA) is 32.3 Å². The molecule has 2 aliphatic rings. The highest BCUT2D eigenvalue weighted by Gasteiger charge is 2.31. The van der Waals surface area contributed by atoms with Crippen molar-refractivity contribution in [3.05, 3.63) is 0 Å². The normalized spacial score (nSPS) is 23.3. The summed E-state index contributed by atoms with van der Waals surface area (Å²) >= 11 is 5.68. The smallest absolute Gasteiger partial charge is 0.223 e. The molecule has 1 saturated heterocycles. The van der Waals surface area contributed by atoms with Gasteiger partial charge in [0.25, 0.3) is 0 Å². The molecule has 1 aliphatic heterocycles. The van der Waals surface area contributed by atoms with E-state index in [0.717, 1.165) is 57.6 Å². The van der Waals surface area contributed by atoms with E-state index in [9.17, 15) is 4.79 Å². The number of amides is 1. The van der Waals surface area contributed by atoms with E-state index in [1.807, 2.05) is 0 Å². The van der Waals surface area contributed by atoms with Gasteiger partial charge in [-0.25, -0.2) is 0 Å². The number of nitrogens with one attached hydrogen (secondary N) is 1. The summed E-state index contributed by atoms with van der Waals surface area (Å²) < 4.78 is 0. The van der Waals surface area contributed by atoms with Gasteiger partial charge in [0.2, 0.25) is 5.91 Å². The monoisotopic (exact) mass is 244 g/mol. The third kappa shape index (κ3) is 3.63. The first-order valence-electron chi connectivity index (χ1n) is 6.38. The van der Waals surface area contributed by atoms with Gasteiger partial charge in [0.1, 0.15) is 0 Å². The van der Waals surface area contributed by atoms with Crippen molar-refractivity contribution >= 4 is 17.5 Å². The molecule has 0 bridgehead atoms. The Morgan fingerprint density at radius 3 is 2.50 bits per heavy atom. The van der Waals surface area contributed by atoms with Crippen LogP contribution in [0.4, 0.5) is 0 Å². The first-order chi connectivity index (χ1) is 7.79. The maximum absolute atomic E-state index is 11.6. The molecule has 0 aromatic heterocycles. The number of nitrogens with zero attached hydrogens (tertiary/aromatic N) is 1. The molecule has 1 N–H and O–H groups in total. The van der Waals surface area contributed by atoms with Crippen molar-refractivity contribution in [3.8, 4) is 0 Å². The minimum absolute atomic E-state index is 0.291. The van der Waals surface area contributed by atoms with Crippen LogP contribution in [0.15, 0.2) is 0 Å². The molecular formula is C12H21ClN2O. The average Bonchev–Trinajstić information content (AvgIpc) is 3.12. The Hall–Kier alpha value is -0.280. The molecule has 0 spiro atoms. The van der Waals surface area contributed by atoms with E-state index in [2.05, 4.69) is 10.2 Å². The molecule has 2 fully saturated rings. The van der Waals surface area contributed by atoms with Crippen LogP contribution in [0.2, 0.25) is 0 Å². The second-order valence-corrected chi connectivity index (χ2v) is 5.32. The van der Waals surface area contributed by atoms with Crippen LogP contribution in [-0.2, 0) is 4.79 Å². The van der Waals surface area contributed by atoms with Crippen molar-refractivity contribution in [2.45, 2.75) is 38.1 Å². The first kappa shape index (κ1) is 12.2. The summed E-state index contributed by atoms with van der Waals surface area (Å²) in [5.74, 6) is 1.38. The SMILES string of the molecule is O=C(NC1CCN(CCCCl)CC1)C1CC1. The van der Waals surface area contributed by atoms with Gasteiger partial charge < -0.3 is 10.2 Å². The van der Waals surface area contributed by atoms with Crippen molar-refractivity contribution in [2.75, 3.05) is 25.5 Å². The van der Waals surface area contributed by atoms with Crippen LogP contribution < -0.4 is 5.32 Å². The minimum atomic E-state index is 0.291. The Labute approximate surface area is 103 Å². The number of alkyl halides is 1. The summed E-state index contributed by atoms with van der Waals surface area (Å²) in [7, 11) is 0. The summed E-state index contributed by atoms with van der Waals surface area (Å²) in [4.78, 5) is 14.0. The summed E-state index contributed by atoms with van der Waals surface area (Å²) in [6.45, 7) is 3.31. The van der Waals surface area contributed by atoms with Gasteiger partial charge in [-0.2, -0.15) is 0 Å². The molecule has 2 rings (SSSR count). The highest BCUT2D eigenvalue weighted by Crippen LogP contribution is 2.29. The van der Waals surface area contributed by atoms with Crippen molar-refractivity contribution < 1.29 is 4.79 Å². The third-order valence-corrected chi connectivity index (χ3v) is 3.76. The van der Waals surface area contributed by atoms with Crippen LogP contribution >= 0.6 is 11.6 Å². The second-order valence-electron chi connectivity index (χ2n) is 4.94. The number of carbonyl (C=O) groups is 1. The molecule has 3 nitrogen and oxygen atoms in total. The van der Waals surface area contributed by atoms with Gasteiger partial charge in [0.15, 0.2) is 0 Å². The van der Waals surface area contributed by atoms with Crippen molar-refractivity contribution in [1.29, 1.82) is 0 Å². The number of likely N-dealkylation sites (tertiary alicyclic amines) is 1. The molecule has 1 saturated carbocycles. The molecule has 0 radical (unpaired) electrons. The van der Waals surface area contributed by atoms with Gasteiger partial charge in [0, 0.05) is 30.9 Å². The number of rotatable bonds is 5. The summed E-state index contributed by atoms with van der Waals surface area (Å²) in [5.41, 5.74) is 0. The maximum atomic E-state index is 11.6. The molecule has 0 unspecified atom stereocenters. The quantitative estimate of drug-likeness (QED) is 0.746. The molecule has 0 atom stereocenters. The Morgan fingerprint density at radius 2 is 1.94 bits per heavy atom. The molecule has 1 amide bonds. The first-order valence-corrected chi connectivity index (χ1v) is 6.91. The Balaban J connectivity index is 1.62. The lowest BCUT2D eigenvalue weighted by Gasteiger charge is -2.32. The molecule has 4 heteroatoms. The molecule has 16 heavy (non-hydrogen) atoms. The lowest BCUT2D eigenvalue weighted by molar-refractivity contribution is -0.123. The van der Waals surface area contributed by atoms with E-state index in [0.29, 0.717) is 17.9 Å². The fourth-order valence-corrected chi connectivity index (χ4v) is 2.37. The van der Waals surface area contributed by atoms with E-state index in [-0.39, 0.29) is 0 Å². The van der Waals surface area contributed by atoms with Gasteiger partial charge >= 0.3 is 0 Å². The number of piperidine rings is 1. The van der Waals surface area contributed by atoms with Gasteiger partial charge in [0.05, 0.1) is 0 Å². The highest BCUT2D eigenvalue weighted by atomic mass is 35.5. The van der Waals surface area contributed by atoms with Crippen molar-refractivity contribution in [3.63, 3.8) is 0 Å². The van der Waals surface area contributed by atoms with Crippen LogP contribution in [0.1, 0.15) is 32.1 Å². The molecule has 92 valence electrons. The summed E-state index contributed by atoms with van der Waals surface area (Å²) in [6.07, 6.45) is 5.46. The van der Waals surface area contributed by atoms with E-state index in [4.69, 9.17) is 11.6 Å². The zero-order valence-corrected chi connectivity index (χ0v) is 10.5. The fourth-order valence-electron chi connectivity index (χ4n) is 2.25. The Kier molecular flexibility index (Phi) is 4.47. The van der Waals surface area contributed by atoms with Crippen molar-refractivity contribution in [1.82, 2.24) is 10.2 Å². The predicted molar refractivity (Wildman–Crippen MR) is 65.7 cm³/mol. The van der Waals surface area contributed by atoms with Crippen LogP contribution in [-0.4, -0.2) is 42.4 Å². The zero-order chi connectivity index (χ0) is 11.4. The van der Waals surface area contributed by atoms with Gasteiger partial charge in [-0.05, 0) is 38.6 Å². The fraction of sp³-hybridized carbons (Fsp3) is 0.917. The van der Waals surface area contributed by atoms with Crippen LogP contribution in [0.3, 0.4) is 0 Å². The number of hydrogen-bond acceptors (Lipinski definition) is 2. The Morgan fingerprint density at radius 1 is 1.25 bits per heavy atom. The molecule has 1 aliphatic carbocycles. The minimum Gasteiger partial charge on any atom is -0.353 e. The molecule has 1 heterocycles. The van der Waals surface area contributed by atoms with E-state index in [1.54, 1.807) is 0 Å². The van der Waals surface area contributed by atoms with Crippen LogP contribution in [0, 0.1) is 5.92 Å². The number of hydrogen-bond donors (Lipinski definition) is 1. The molecule has 0 aromatic rings. The van der Waals surface area contributed by atoms with Crippen LogP contribution in [0.25, 0.3) is 0 Å². The van der Waals surface area contributed by atoms with Crippen molar-refractivity contribution in [2.24, 2.45) is 5.92 Å². The maximum Gasteiger partial charge on any atom is 0.223 e. The number of halogens is 1. The zero-order valence-electron chi connectivity index (χ0n) is 9.75. The lowest BCUT2D eigenvalue weighted by Crippen LogP contribution is -2.45. The summed E-state index contributed by atoms with van der Waals surface area (Å²) in [6, 6.07) is 0.417. The third-order valence-electron chi connectivity index (χ3n) is 3.49. The predicted octanol–water partition coefficient (Wildman–Crippen LogP) is 1.61. The van der Waals surface area contributed by atoms with E-state index in [1.165, 1.54) is 0 Å². The van der Waals surface area contributed by atoms with E-state index < -0.39 is 0 Å². The summed E-state index contributed by atoms with van der Waals surface area (Å²) in [5, 5.41) is 3.17. The number of carbonyl (C=O) groups excluding carboxylic acids is 1. The van der Waals surface area contributed by atoms with Gasteiger partial charge in [-0.1, -0.05) is 0 Å². The van der Waals surface area contributed by atoms with Gasteiger partial charge in [-0.3, -0.25) is 4.79 Å². The largest absolute Gasteiger partial charge is 0.353 e. The van der Waals surface area contributed by atoms with Crippen LogP contribution in [0.5, 0.6) is 0 Å². The molecular weight excluding hydrogens is 224 g/mol.